The summed E-state index contributed by atoms with van der Waals surface area (Å²) in [7, 11) is 0. The second-order valence-corrected chi connectivity index (χ2v) is 5.79. The molecule has 2 aromatic carbocycles. The second-order valence-electron chi connectivity index (χ2n) is 5.79. The first-order valence-corrected chi connectivity index (χ1v) is 7.29. The average molecular weight is 280 g/mol. The van der Waals surface area contributed by atoms with E-state index >= 15 is 0 Å². The Balaban J connectivity index is 1.83. The van der Waals surface area contributed by atoms with Crippen LogP contribution in [-0.4, -0.2) is 12.5 Å². The molecule has 0 unspecified atom stereocenters. The predicted octanol–water partition coefficient (Wildman–Crippen LogP) is 3.02. The van der Waals surface area contributed by atoms with Crippen LogP contribution in [0.3, 0.4) is 0 Å². The standard InChI is InChI=1S/C18H20N2O/c1-12-3-4-13(2)15(9-12)11-18(21)20-8-7-14-10-16(19)5-6-17(14)20/h3-6,9-10H,7-8,11,19H2,1-2H3. The van der Waals surface area contributed by atoms with Gasteiger partial charge in [-0.2, -0.15) is 0 Å². The van der Waals surface area contributed by atoms with Gasteiger partial charge in [0.15, 0.2) is 0 Å². The minimum absolute atomic E-state index is 0.159. The van der Waals surface area contributed by atoms with Crippen LogP contribution in [-0.2, 0) is 17.6 Å². The van der Waals surface area contributed by atoms with E-state index in [9.17, 15) is 4.79 Å². The van der Waals surface area contributed by atoms with Gasteiger partial charge in [-0.05, 0) is 55.2 Å². The summed E-state index contributed by atoms with van der Waals surface area (Å²) in [6.45, 7) is 4.87. The van der Waals surface area contributed by atoms with Gasteiger partial charge in [-0.1, -0.05) is 23.8 Å². The molecule has 0 fully saturated rings. The molecule has 3 heteroatoms. The fourth-order valence-corrected chi connectivity index (χ4v) is 2.93. The fraction of sp³-hybridized carbons (Fsp3) is 0.278. The van der Waals surface area contributed by atoms with E-state index in [-0.39, 0.29) is 5.91 Å². The Morgan fingerprint density at radius 1 is 1.19 bits per heavy atom. The number of carbonyl (C=O) groups excluding carboxylic acids is 1. The summed E-state index contributed by atoms with van der Waals surface area (Å²) in [5.74, 6) is 0.159. The van der Waals surface area contributed by atoms with E-state index in [0.29, 0.717) is 6.42 Å². The lowest BCUT2D eigenvalue weighted by molar-refractivity contribution is -0.117. The van der Waals surface area contributed by atoms with Gasteiger partial charge >= 0.3 is 0 Å². The Kier molecular flexibility index (Phi) is 3.42. The van der Waals surface area contributed by atoms with Crippen molar-refractivity contribution in [3.05, 3.63) is 58.7 Å². The van der Waals surface area contributed by atoms with Crippen molar-refractivity contribution in [1.82, 2.24) is 0 Å². The highest BCUT2D eigenvalue weighted by Crippen LogP contribution is 2.30. The molecule has 0 bridgehead atoms. The van der Waals surface area contributed by atoms with Crippen molar-refractivity contribution in [2.45, 2.75) is 26.7 Å². The number of nitrogens with two attached hydrogens (primary N) is 1. The van der Waals surface area contributed by atoms with Crippen LogP contribution in [0, 0.1) is 13.8 Å². The zero-order chi connectivity index (χ0) is 15.0. The number of amides is 1. The van der Waals surface area contributed by atoms with Crippen molar-refractivity contribution >= 4 is 17.3 Å². The van der Waals surface area contributed by atoms with Crippen LogP contribution in [0.25, 0.3) is 0 Å². The van der Waals surface area contributed by atoms with Gasteiger partial charge in [-0.3, -0.25) is 4.79 Å². The summed E-state index contributed by atoms with van der Waals surface area (Å²) >= 11 is 0. The molecule has 21 heavy (non-hydrogen) atoms. The monoisotopic (exact) mass is 280 g/mol. The highest BCUT2D eigenvalue weighted by Gasteiger charge is 2.24. The van der Waals surface area contributed by atoms with Crippen LogP contribution in [0.4, 0.5) is 11.4 Å². The van der Waals surface area contributed by atoms with Crippen molar-refractivity contribution in [2.24, 2.45) is 0 Å². The molecule has 1 aliphatic rings. The van der Waals surface area contributed by atoms with E-state index < -0.39 is 0 Å². The van der Waals surface area contributed by atoms with Gasteiger partial charge in [0.1, 0.15) is 0 Å². The highest BCUT2D eigenvalue weighted by molar-refractivity contribution is 5.97. The van der Waals surface area contributed by atoms with Gasteiger partial charge in [0.25, 0.3) is 0 Å². The zero-order valence-corrected chi connectivity index (χ0v) is 12.5. The summed E-state index contributed by atoms with van der Waals surface area (Å²) < 4.78 is 0. The lowest BCUT2D eigenvalue weighted by Gasteiger charge is -2.18. The van der Waals surface area contributed by atoms with Crippen molar-refractivity contribution in [1.29, 1.82) is 0 Å². The molecule has 0 spiro atoms. The van der Waals surface area contributed by atoms with Gasteiger partial charge in [0.2, 0.25) is 5.91 Å². The molecule has 0 saturated carbocycles. The average Bonchev–Trinajstić information content (AvgIpc) is 2.85. The number of fused-ring (bicyclic) bond motifs is 1. The number of anilines is 2. The molecule has 2 N–H and O–H groups in total. The third-order valence-electron chi connectivity index (χ3n) is 4.15. The second kappa shape index (κ2) is 5.24. The molecular formula is C18H20N2O. The molecule has 0 radical (unpaired) electrons. The maximum absolute atomic E-state index is 12.6. The molecule has 0 aliphatic carbocycles. The lowest BCUT2D eigenvalue weighted by Crippen LogP contribution is -2.30. The number of rotatable bonds is 2. The molecule has 1 amide bonds. The number of nitrogens with zero attached hydrogens (tertiary/aromatic N) is 1. The zero-order valence-electron chi connectivity index (χ0n) is 12.5. The Morgan fingerprint density at radius 2 is 2.00 bits per heavy atom. The van der Waals surface area contributed by atoms with Gasteiger partial charge in [-0.25, -0.2) is 0 Å². The Hall–Kier alpha value is -2.29. The predicted molar refractivity (Wildman–Crippen MR) is 86.5 cm³/mol. The van der Waals surface area contributed by atoms with E-state index in [4.69, 9.17) is 5.73 Å². The Bertz CT molecular complexity index is 706. The number of aryl methyl sites for hydroxylation is 2. The molecule has 2 aromatic rings. The third kappa shape index (κ3) is 2.64. The fourth-order valence-electron chi connectivity index (χ4n) is 2.93. The maximum atomic E-state index is 12.6. The van der Waals surface area contributed by atoms with Crippen LogP contribution in [0.2, 0.25) is 0 Å². The summed E-state index contributed by atoms with van der Waals surface area (Å²) in [6, 6.07) is 12.1. The van der Waals surface area contributed by atoms with Crippen LogP contribution in [0.1, 0.15) is 22.3 Å². The molecule has 3 nitrogen and oxygen atoms in total. The summed E-state index contributed by atoms with van der Waals surface area (Å²) in [4.78, 5) is 14.5. The number of hydrogen-bond donors (Lipinski definition) is 1. The number of nitrogen functional groups attached to an aromatic ring is 1. The van der Waals surface area contributed by atoms with Gasteiger partial charge in [-0.15, -0.1) is 0 Å². The largest absolute Gasteiger partial charge is 0.399 e. The first-order valence-electron chi connectivity index (χ1n) is 7.29. The Morgan fingerprint density at radius 3 is 2.81 bits per heavy atom. The van der Waals surface area contributed by atoms with Gasteiger partial charge in [0, 0.05) is 17.9 Å². The number of carbonyl (C=O) groups is 1. The molecule has 1 heterocycles. The van der Waals surface area contributed by atoms with Gasteiger partial charge < -0.3 is 10.6 Å². The summed E-state index contributed by atoms with van der Waals surface area (Å²) in [5, 5.41) is 0. The molecule has 0 atom stereocenters. The normalized spacial score (nSPS) is 13.3. The van der Waals surface area contributed by atoms with Crippen LogP contribution in [0.5, 0.6) is 0 Å². The van der Waals surface area contributed by atoms with Crippen molar-refractivity contribution < 1.29 is 4.79 Å². The summed E-state index contributed by atoms with van der Waals surface area (Å²) in [5.41, 5.74) is 12.2. The third-order valence-corrected chi connectivity index (χ3v) is 4.15. The molecule has 0 saturated heterocycles. The molecule has 3 rings (SSSR count). The number of benzene rings is 2. The smallest absolute Gasteiger partial charge is 0.231 e. The topological polar surface area (TPSA) is 46.3 Å². The van der Waals surface area contributed by atoms with E-state index in [1.807, 2.05) is 23.1 Å². The van der Waals surface area contributed by atoms with E-state index in [2.05, 4.69) is 32.0 Å². The first kappa shape index (κ1) is 13.7. The van der Waals surface area contributed by atoms with Gasteiger partial charge in [0.05, 0.1) is 6.42 Å². The Labute approximate surface area is 125 Å². The molecule has 108 valence electrons. The van der Waals surface area contributed by atoms with Crippen LogP contribution in [0.15, 0.2) is 36.4 Å². The van der Waals surface area contributed by atoms with Crippen LogP contribution < -0.4 is 10.6 Å². The van der Waals surface area contributed by atoms with Crippen molar-refractivity contribution in [3.8, 4) is 0 Å². The molecular weight excluding hydrogens is 260 g/mol. The number of hydrogen-bond acceptors (Lipinski definition) is 2. The first-order chi connectivity index (χ1) is 10.0. The van der Waals surface area contributed by atoms with E-state index in [1.165, 1.54) is 16.7 Å². The minimum Gasteiger partial charge on any atom is -0.399 e. The van der Waals surface area contributed by atoms with E-state index in [1.54, 1.807) is 0 Å². The van der Waals surface area contributed by atoms with Crippen molar-refractivity contribution in [2.75, 3.05) is 17.2 Å². The lowest BCUT2D eigenvalue weighted by atomic mass is 10.0. The van der Waals surface area contributed by atoms with E-state index in [0.717, 1.165) is 29.9 Å². The van der Waals surface area contributed by atoms with Crippen molar-refractivity contribution in [3.63, 3.8) is 0 Å². The SMILES string of the molecule is Cc1ccc(C)c(CC(=O)N2CCc3cc(N)ccc32)c1. The minimum atomic E-state index is 0.159. The molecule has 1 aliphatic heterocycles. The van der Waals surface area contributed by atoms with Crippen LogP contribution >= 0.6 is 0 Å². The highest BCUT2D eigenvalue weighted by atomic mass is 16.2. The summed E-state index contributed by atoms with van der Waals surface area (Å²) in [6.07, 6.45) is 1.34. The quantitative estimate of drug-likeness (QED) is 0.860. The molecule has 0 aromatic heterocycles. The maximum Gasteiger partial charge on any atom is 0.231 e.